The van der Waals surface area contributed by atoms with Gasteiger partial charge in [-0.2, -0.15) is 0 Å². The Morgan fingerprint density at radius 2 is 2.33 bits per heavy atom. The minimum absolute atomic E-state index is 0.286. The van der Waals surface area contributed by atoms with Crippen molar-refractivity contribution in [3.05, 3.63) is 72.3 Å². The Labute approximate surface area is 125 Å². The summed E-state index contributed by atoms with van der Waals surface area (Å²) in [5.74, 6) is 1.22. The number of aliphatic imine (C=N–C) groups is 1. The lowest BCUT2D eigenvalue weighted by molar-refractivity contribution is 0.973. The summed E-state index contributed by atoms with van der Waals surface area (Å²) in [5, 5.41) is 0. The third-order valence-corrected chi connectivity index (χ3v) is 3.71. The molecule has 2 bridgehead atoms. The number of fused-ring (bicyclic) bond motifs is 3. The van der Waals surface area contributed by atoms with Crippen LogP contribution in [0.5, 0.6) is 0 Å². The molecule has 3 nitrogen and oxygen atoms in total. The third kappa shape index (κ3) is 2.47. The maximum absolute atomic E-state index is 4.44. The Kier molecular flexibility index (Phi) is 3.82. The summed E-state index contributed by atoms with van der Waals surface area (Å²) < 4.78 is 0. The number of nitrogens with zero attached hydrogens (tertiary/aromatic N) is 3. The molecule has 0 N–H and O–H groups in total. The van der Waals surface area contributed by atoms with Crippen molar-refractivity contribution in [2.45, 2.75) is 19.3 Å². The van der Waals surface area contributed by atoms with Crippen LogP contribution in [0.2, 0.25) is 0 Å². The molecule has 1 aliphatic heterocycles. The molecular formula is C18H19N3. The van der Waals surface area contributed by atoms with Crippen LogP contribution in [0.1, 0.15) is 24.8 Å². The molecule has 1 atom stereocenters. The first kappa shape index (κ1) is 13.6. The van der Waals surface area contributed by atoms with E-state index in [9.17, 15) is 0 Å². The Morgan fingerprint density at radius 1 is 1.43 bits per heavy atom. The summed E-state index contributed by atoms with van der Waals surface area (Å²) in [6.07, 6.45) is 19.9. The maximum atomic E-state index is 4.44. The normalized spacial score (nSPS) is 24.1. The van der Waals surface area contributed by atoms with E-state index >= 15 is 0 Å². The summed E-state index contributed by atoms with van der Waals surface area (Å²) in [4.78, 5) is 10.9. The minimum atomic E-state index is 0.286. The quantitative estimate of drug-likeness (QED) is 0.441. The summed E-state index contributed by atoms with van der Waals surface area (Å²) in [6.45, 7) is 2.01. The Bertz CT molecular complexity index is 677. The molecule has 1 aromatic rings. The van der Waals surface area contributed by atoms with E-state index in [1.807, 2.05) is 38.5 Å². The predicted octanol–water partition coefficient (Wildman–Crippen LogP) is 3.99. The van der Waals surface area contributed by atoms with Gasteiger partial charge < -0.3 is 0 Å². The van der Waals surface area contributed by atoms with Gasteiger partial charge in [-0.05, 0) is 37.6 Å². The van der Waals surface area contributed by atoms with Crippen LogP contribution in [-0.4, -0.2) is 17.9 Å². The highest BCUT2D eigenvalue weighted by Crippen LogP contribution is 2.38. The Morgan fingerprint density at radius 3 is 3.14 bits per heavy atom. The van der Waals surface area contributed by atoms with E-state index in [1.165, 1.54) is 11.3 Å². The van der Waals surface area contributed by atoms with Crippen molar-refractivity contribution in [1.29, 1.82) is 0 Å². The Hall–Kier alpha value is -2.42. The second kappa shape index (κ2) is 5.92. The highest BCUT2D eigenvalue weighted by molar-refractivity contribution is 6.09. The van der Waals surface area contributed by atoms with Gasteiger partial charge in [0.2, 0.25) is 0 Å². The zero-order valence-electron chi connectivity index (χ0n) is 12.4. The van der Waals surface area contributed by atoms with E-state index in [4.69, 9.17) is 0 Å². The summed E-state index contributed by atoms with van der Waals surface area (Å²) in [5.41, 5.74) is 3.54. The zero-order chi connectivity index (χ0) is 14.7. The molecule has 106 valence electrons. The SMILES string of the molecule is C/C=C\C(=NC)N1C2=CC(/C=C\C/C=C\2)c2cnccc21. The molecule has 21 heavy (non-hydrogen) atoms. The standard InChI is InChI=1S/C18H19N3/c1-3-7-18(19-2)21-15-9-6-4-5-8-14(12-15)16-13-20-11-10-17(16)21/h3,5-14H,4H2,1-2H3/b7-3-,8-5-,9-6-,19-18?. The van der Waals surface area contributed by atoms with Crippen LogP contribution >= 0.6 is 0 Å². The van der Waals surface area contributed by atoms with Gasteiger partial charge in [-0.15, -0.1) is 0 Å². The van der Waals surface area contributed by atoms with E-state index in [-0.39, 0.29) is 5.92 Å². The van der Waals surface area contributed by atoms with Crippen LogP contribution < -0.4 is 4.90 Å². The van der Waals surface area contributed by atoms with Crippen molar-refractivity contribution in [2.75, 3.05) is 11.9 Å². The van der Waals surface area contributed by atoms with Crippen LogP contribution in [0, 0.1) is 0 Å². The number of rotatable bonds is 1. The Balaban J connectivity index is 2.20. The van der Waals surface area contributed by atoms with Gasteiger partial charge in [-0.3, -0.25) is 14.9 Å². The highest BCUT2D eigenvalue weighted by atomic mass is 15.2. The monoisotopic (exact) mass is 277 g/mol. The lowest BCUT2D eigenvalue weighted by atomic mass is 9.91. The highest BCUT2D eigenvalue weighted by Gasteiger charge is 2.26. The van der Waals surface area contributed by atoms with E-state index in [2.05, 4.69) is 51.3 Å². The molecule has 0 saturated carbocycles. The van der Waals surface area contributed by atoms with Gasteiger partial charge in [-0.1, -0.05) is 24.3 Å². The molecule has 3 rings (SSSR count). The van der Waals surface area contributed by atoms with Gasteiger partial charge in [-0.25, -0.2) is 0 Å². The van der Waals surface area contributed by atoms with Crippen LogP contribution in [0.3, 0.4) is 0 Å². The van der Waals surface area contributed by atoms with Crippen molar-refractivity contribution in [1.82, 2.24) is 4.98 Å². The van der Waals surface area contributed by atoms with Crippen LogP contribution in [0.15, 0.2) is 71.7 Å². The molecule has 0 fully saturated rings. The van der Waals surface area contributed by atoms with E-state index in [1.54, 1.807) is 0 Å². The molecule has 1 unspecified atom stereocenters. The molecule has 2 aliphatic rings. The van der Waals surface area contributed by atoms with Crippen molar-refractivity contribution >= 4 is 11.5 Å². The molecule has 3 heteroatoms. The number of aromatic nitrogens is 1. The van der Waals surface area contributed by atoms with Gasteiger partial charge in [0.05, 0.1) is 5.69 Å². The van der Waals surface area contributed by atoms with Crippen molar-refractivity contribution in [3.8, 4) is 0 Å². The predicted molar refractivity (Wildman–Crippen MR) is 88.6 cm³/mol. The lowest BCUT2D eigenvalue weighted by Crippen LogP contribution is -2.32. The number of anilines is 1. The maximum Gasteiger partial charge on any atom is 0.131 e. The van der Waals surface area contributed by atoms with Crippen molar-refractivity contribution in [3.63, 3.8) is 0 Å². The van der Waals surface area contributed by atoms with Gasteiger partial charge in [0.15, 0.2) is 0 Å². The second-order valence-electron chi connectivity index (χ2n) is 5.04. The van der Waals surface area contributed by atoms with E-state index < -0.39 is 0 Å². The number of amidine groups is 1. The molecule has 0 amide bonds. The van der Waals surface area contributed by atoms with Gasteiger partial charge in [0.1, 0.15) is 5.84 Å². The van der Waals surface area contributed by atoms with Crippen LogP contribution in [0.25, 0.3) is 0 Å². The average molecular weight is 277 g/mol. The molecule has 1 aromatic heterocycles. The van der Waals surface area contributed by atoms with Crippen molar-refractivity contribution < 1.29 is 0 Å². The first-order chi connectivity index (χ1) is 10.3. The second-order valence-corrected chi connectivity index (χ2v) is 5.04. The summed E-state index contributed by atoms with van der Waals surface area (Å²) >= 11 is 0. The number of hydrogen-bond donors (Lipinski definition) is 0. The number of pyridine rings is 1. The molecule has 1 aliphatic carbocycles. The smallest absolute Gasteiger partial charge is 0.131 e. The molecule has 0 saturated heterocycles. The topological polar surface area (TPSA) is 28.5 Å². The zero-order valence-corrected chi connectivity index (χ0v) is 12.4. The fourth-order valence-corrected chi connectivity index (χ4v) is 2.78. The largest absolute Gasteiger partial charge is 0.295 e. The van der Waals surface area contributed by atoms with E-state index in [0.717, 1.165) is 17.9 Å². The van der Waals surface area contributed by atoms with Crippen molar-refractivity contribution in [2.24, 2.45) is 4.99 Å². The van der Waals surface area contributed by atoms with Gasteiger partial charge in [0.25, 0.3) is 0 Å². The molecule has 0 radical (unpaired) electrons. The van der Waals surface area contributed by atoms with Gasteiger partial charge in [0, 0.05) is 36.6 Å². The molecule has 0 aromatic carbocycles. The molecular weight excluding hydrogens is 258 g/mol. The average Bonchev–Trinajstić information content (AvgIpc) is 2.50. The third-order valence-electron chi connectivity index (χ3n) is 3.71. The number of allylic oxidation sites excluding steroid dienone is 6. The lowest BCUT2D eigenvalue weighted by Gasteiger charge is -2.34. The van der Waals surface area contributed by atoms with Gasteiger partial charge >= 0.3 is 0 Å². The van der Waals surface area contributed by atoms with Crippen LogP contribution in [-0.2, 0) is 0 Å². The first-order valence-electron chi connectivity index (χ1n) is 7.23. The fraction of sp³-hybridized carbons (Fsp3) is 0.222. The fourth-order valence-electron chi connectivity index (χ4n) is 2.78. The molecule has 2 heterocycles. The van der Waals surface area contributed by atoms with E-state index in [0.29, 0.717) is 0 Å². The van der Waals surface area contributed by atoms with Crippen LogP contribution in [0.4, 0.5) is 5.69 Å². The summed E-state index contributed by atoms with van der Waals surface area (Å²) in [6, 6.07) is 2.06. The molecule has 0 spiro atoms. The summed E-state index contributed by atoms with van der Waals surface area (Å²) in [7, 11) is 1.83. The number of hydrogen-bond acceptors (Lipinski definition) is 2. The first-order valence-corrected chi connectivity index (χ1v) is 7.23. The minimum Gasteiger partial charge on any atom is -0.295 e.